The number of carbonyl (C=O) groups excluding carboxylic acids is 1. The van der Waals surface area contributed by atoms with Crippen LogP contribution < -0.4 is 19.9 Å². The number of ether oxygens (including phenoxy) is 3. The molecule has 1 amide bonds. The lowest BCUT2D eigenvalue weighted by molar-refractivity contribution is -0.149. The first kappa shape index (κ1) is 21.8. The molecule has 0 bridgehead atoms. The molecule has 1 fully saturated rings. The Balaban J connectivity index is 1.87. The molecule has 0 atom stereocenters. The molecule has 2 heterocycles. The van der Waals surface area contributed by atoms with Crippen LogP contribution in [0.4, 0.5) is 10.5 Å². The quantitative estimate of drug-likeness (QED) is 0.657. The van der Waals surface area contributed by atoms with E-state index in [1.54, 1.807) is 43.7 Å². The van der Waals surface area contributed by atoms with Crippen molar-refractivity contribution in [1.29, 1.82) is 0 Å². The van der Waals surface area contributed by atoms with Gasteiger partial charge < -0.3 is 14.2 Å². The number of hydrogen-bond donors (Lipinski definition) is 2. The number of rotatable bonds is 6. The Morgan fingerprint density at radius 3 is 2.63 bits per heavy atom. The van der Waals surface area contributed by atoms with Gasteiger partial charge in [-0.1, -0.05) is 18.2 Å². The van der Waals surface area contributed by atoms with Gasteiger partial charge in [0.2, 0.25) is 0 Å². The van der Waals surface area contributed by atoms with Crippen molar-refractivity contribution < 1.29 is 27.4 Å². The highest BCUT2D eigenvalue weighted by Crippen LogP contribution is 2.37. The van der Waals surface area contributed by atoms with E-state index in [0.717, 1.165) is 4.57 Å². The van der Waals surface area contributed by atoms with Gasteiger partial charge in [0, 0.05) is 12.6 Å². The maximum Gasteiger partial charge on any atom is 0.361 e. The van der Waals surface area contributed by atoms with Crippen molar-refractivity contribution >= 4 is 21.9 Å². The monoisotopic (exact) mass is 441 g/mol. The number of nitrogens with one attached hydrogen (secondary N) is 2. The van der Waals surface area contributed by atoms with E-state index in [1.165, 1.54) is 7.05 Å². The lowest BCUT2D eigenvalue weighted by Crippen LogP contribution is -2.43. The van der Waals surface area contributed by atoms with E-state index in [9.17, 15) is 18.0 Å². The normalized spacial score (nSPS) is 15.7. The molecule has 1 aliphatic heterocycles. The lowest BCUT2D eigenvalue weighted by atomic mass is 10.0. The van der Waals surface area contributed by atoms with Crippen molar-refractivity contribution in [2.75, 3.05) is 24.5 Å². The van der Waals surface area contributed by atoms with Gasteiger partial charge in [0.15, 0.2) is 5.79 Å². The van der Waals surface area contributed by atoms with Crippen LogP contribution in [0.3, 0.4) is 0 Å². The zero-order chi connectivity index (χ0) is 22.1. The third-order valence-electron chi connectivity index (χ3n) is 4.46. The average Bonchev–Trinajstić information content (AvgIpc) is 3.23. The molecule has 0 spiro atoms. The second-order valence-corrected chi connectivity index (χ2v) is 8.04. The molecule has 13 heteroatoms. The summed E-state index contributed by atoms with van der Waals surface area (Å²) < 4.78 is 47.1. The van der Waals surface area contributed by atoms with Gasteiger partial charge in [-0.2, -0.15) is 8.42 Å². The van der Waals surface area contributed by atoms with E-state index in [1.807, 2.05) is 0 Å². The number of benzene rings is 1. The van der Waals surface area contributed by atoms with E-state index in [4.69, 9.17) is 14.2 Å². The number of anilines is 1. The summed E-state index contributed by atoms with van der Waals surface area (Å²) in [5.74, 6) is -1.14. The smallest absolute Gasteiger partial charge is 0.361 e. The SMILES string of the molecule is CCOc1nn(C(=O)NS(=O)(=O)Nc2c(C)cccc2C2(C)OCCO2)c(=O)n1C. The molecule has 1 aromatic heterocycles. The molecule has 12 nitrogen and oxygen atoms in total. The van der Waals surface area contributed by atoms with Gasteiger partial charge in [-0.25, -0.2) is 18.9 Å². The van der Waals surface area contributed by atoms with Crippen LogP contribution in [-0.2, 0) is 32.5 Å². The highest BCUT2D eigenvalue weighted by atomic mass is 32.2. The van der Waals surface area contributed by atoms with Crippen molar-refractivity contribution in [3.8, 4) is 6.01 Å². The molecule has 0 radical (unpaired) electrons. The van der Waals surface area contributed by atoms with Gasteiger partial charge in [-0.05, 0) is 26.3 Å². The zero-order valence-electron chi connectivity index (χ0n) is 17.0. The molecule has 30 heavy (non-hydrogen) atoms. The van der Waals surface area contributed by atoms with Crippen molar-refractivity contribution in [3.63, 3.8) is 0 Å². The van der Waals surface area contributed by atoms with Crippen LogP contribution in [0, 0.1) is 6.92 Å². The van der Waals surface area contributed by atoms with E-state index >= 15 is 0 Å². The first-order valence-electron chi connectivity index (χ1n) is 9.09. The van der Waals surface area contributed by atoms with Crippen molar-refractivity contribution in [1.82, 2.24) is 19.1 Å². The zero-order valence-corrected chi connectivity index (χ0v) is 17.8. The summed E-state index contributed by atoms with van der Waals surface area (Å²) in [6.07, 6.45) is 0. The Bertz CT molecular complexity index is 1120. The Kier molecular flexibility index (Phi) is 5.87. The van der Waals surface area contributed by atoms with Crippen LogP contribution >= 0.6 is 0 Å². The van der Waals surface area contributed by atoms with Gasteiger partial charge in [-0.3, -0.25) is 4.72 Å². The van der Waals surface area contributed by atoms with Gasteiger partial charge in [0.25, 0.3) is 0 Å². The first-order valence-corrected chi connectivity index (χ1v) is 10.6. The third-order valence-corrected chi connectivity index (χ3v) is 5.38. The van der Waals surface area contributed by atoms with E-state index in [2.05, 4.69) is 9.82 Å². The molecule has 2 N–H and O–H groups in total. The third kappa shape index (κ3) is 4.17. The fourth-order valence-electron chi connectivity index (χ4n) is 2.98. The molecule has 1 saturated heterocycles. The molecule has 0 unspecified atom stereocenters. The molecule has 164 valence electrons. The number of hydrogen-bond acceptors (Lipinski definition) is 8. The predicted molar refractivity (Wildman–Crippen MR) is 106 cm³/mol. The first-order chi connectivity index (χ1) is 14.1. The number of nitrogens with zero attached hydrogens (tertiary/aromatic N) is 3. The molecule has 2 aromatic rings. The summed E-state index contributed by atoms with van der Waals surface area (Å²) in [6, 6.07) is 3.71. The van der Waals surface area contributed by atoms with Crippen LogP contribution in [-0.4, -0.2) is 48.6 Å². The van der Waals surface area contributed by atoms with Crippen LogP contribution in [0.15, 0.2) is 23.0 Å². The topological polar surface area (TPSA) is 143 Å². The van der Waals surface area contributed by atoms with Gasteiger partial charge in [0.1, 0.15) is 0 Å². The largest absolute Gasteiger partial charge is 0.464 e. The molecular formula is C17H23N5O7S. The number of aromatic nitrogens is 3. The highest BCUT2D eigenvalue weighted by molar-refractivity contribution is 7.91. The Morgan fingerprint density at radius 1 is 1.33 bits per heavy atom. The van der Waals surface area contributed by atoms with Crippen LogP contribution in [0.2, 0.25) is 0 Å². The van der Waals surface area contributed by atoms with Crippen molar-refractivity contribution in [2.45, 2.75) is 26.6 Å². The number of amides is 1. The number of para-hydroxylation sites is 1. The van der Waals surface area contributed by atoms with Gasteiger partial charge in [-0.15, -0.1) is 9.78 Å². The summed E-state index contributed by atoms with van der Waals surface area (Å²) in [6.45, 7) is 5.98. The summed E-state index contributed by atoms with van der Waals surface area (Å²) in [7, 11) is -3.08. The summed E-state index contributed by atoms with van der Waals surface area (Å²) in [5.41, 5.74) is 0.374. The van der Waals surface area contributed by atoms with Crippen molar-refractivity contribution in [2.24, 2.45) is 7.05 Å². The fraction of sp³-hybridized carbons (Fsp3) is 0.471. The Morgan fingerprint density at radius 2 is 2.00 bits per heavy atom. The standard InChI is InChI=1S/C17H23N5O7S/c1-5-27-15-18-22(16(24)21(15)4)14(23)20-30(25,26)19-13-11(2)7-6-8-12(13)17(3)28-9-10-29-17/h6-8,19H,5,9-10H2,1-4H3,(H,20,23). The minimum absolute atomic E-state index is 0.118. The average molecular weight is 441 g/mol. The van der Waals surface area contributed by atoms with E-state index in [0.29, 0.717) is 29.0 Å². The fourth-order valence-corrected chi connectivity index (χ4v) is 3.88. The van der Waals surface area contributed by atoms with Gasteiger partial charge in [0.05, 0.1) is 25.5 Å². The Hall–Kier alpha value is -2.90. The van der Waals surface area contributed by atoms with Crippen LogP contribution in [0.1, 0.15) is 25.0 Å². The molecular weight excluding hydrogens is 418 g/mol. The summed E-state index contributed by atoms with van der Waals surface area (Å²) in [4.78, 5) is 24.5. The molecule has 0 aliphatic carbocycles. The molecule has 1 aliphatic rings. The maximum atomic E-state index is 12.6. The number of aryl methyl sites for hydroxylation is 1. The van der Waals surface area contributed by atoms with Crippen LogP contribution in [0.5, 0.6) is 6.01 Å². The lowest BCUT2D eigenvalue weighted by Gasteiger charge is -2.26. The molecule has 1 aromatic carbocycles. The summed E-state index contributed by atoms with van der Waals surface area (Å²) in [5, 5.41) is 3.70. The minimum Gasteiger partial charge on any atom is -0.464 e. The predicted octanol–water partition coefficient (Wildman–Crippen LogP) is 0.423. The summed E-state index contributed by atoms with van der Waals surface area (Å²) >= 11 is 0. The number of carbonyl (C=O) groups is 1. The molecule has 3 rings (SSSR count). The van der Waals surface area contributed by atoms with E-state index in [-0.39, 0.29) is 18.3 Å². The van der Waals surface area contributed by atoms with Gasteiger partial charge >= 0.3 is 27.9 Å². The second kappa shape index (κ2) is 8.08. The van der Waals surface area contributed by atoms with Crippen LogP contribution in [0.25, 0.3) is 0 Å². The van der Waals surface area contributed by atoms with Crippen molar-refractivity contribution in [3.05, 3.63) is 39.8 Å². The molecule has 0 saturated carbocycles. The Labute approximate surface area is 172 Å². The maximum absolute atomic E-state index is 12.6. The second-order valence-electron chi connectivity index (χ2n) is 6.62. The minimum atomic E-state index is -4.43. The van der Waals surface area contributed by atoms with E-state index < -0.39 is 27.7 Å². The highest BCUT2D eigenvalue weighted by Gasteiger charge is 2.36.